The highest BCUT2D eigenvalue weighted by molar-refractivity contribution is 7.09. The van der Waals surface area contributed by atoms with Crippen molar-refractivity contribution in [3.8, 4) is 0 Å². The minimum atomic E-state index is -0.979. The number of carbonyl (C=O) groups is 3. The molecule has 4 rings (SSSR count). The van der Waals surface area contributed by atoms with Crippen LogP contribution in [0.15, 0.2) is 41.8 Å². The van der Waals surface area contributed by atoms with Gasteiger partial charge in [-0.15, -0.1) is 11.3 Å². The highest BCUT2D eigenvalue weighted by Crippen LogP contribution is 2.39. The van der Waals surface area contributed by atoms with Crippen molar-refractivity contribution in [1.82, 2.24) is 20.4 Å². The Kier molecular flexibility index (Phi) is 5.87. The molecule has 4 amide bonds. The van der Waals surface area contributed by atoms with Crippen LogP contribution >= 0.6 is 11.3 Å². The third-order valence-corrected chi connectivity index (χ3v) is 6.72. The van der Waals surface area contributed by atoms with Crippen LogP contribution in [0, 0.1) is 0 Å². The third-order valence-electron chi connectivity index (χ3n) is 5.85. The van der Waals surface area contributed by atoms with Crippen molar-refractivity contribution in [2.24, 2.45) is 0 Å². The molecule has 1 atom stereocenters. The largest absolute Gasteiger partial charge is 0.350 e. The lowest BCUT2D eigenvalue weighted by atomic mass is 9.76. The average molecular weight is 427 g/mol. The van der Waals surface area contributed by atoms with Crippen molar-refractivity contribution < 1.29 is 14.4 Å². The Labute approximate surface area is 180 Å². The lowest BCUT2D eigenvalue weighted by Crippen LogP contribution is -2.48. The van der Waals surface area contributed by atoms with Gasteiger partial charge in [0.25, 0.3) is 5.91 Å². The predicted octanol–water partition coefficient (Wildman–Crippen LogP) is 2.43. The minimum Gasteiger partial charge on any atom is -0.350 e. The van der Waals surface area contributed by atoms with Gasteiger partial charge in [0.1, 0.15) is 5.54 Å². The van der Waals surface area contributed by atoms with E-state index in [4.69, 9.17) is 0 Å². The van der Waals surface area contributed by atoms with Crippen molar-refractivity contribution >= 4 is 29.2 Å². The zero-order valence-electron chi connectivity index (χ0n) is 17.0. The van der Waals surface area contributed by atoms with Gasteiger partial charge in [-0.3, -0.25) is 14.5 Å². The van der Waals surface area contributed by atoms with Crippen molar-refractivity contribution in [2.45, 2.75) is 38.3 Å². The molecule has 2 heterocycles. The van der Waals surface area contributed by atoms with Crippen LogP contribution in [0.5, 0.6) is 0 Å². The number of fused-ring (bicyclic) bond motifs is 2. The normalized spacial score (nSPS) is 20.5. The second-order valence-corrected chi connectivity index (χ2v) is 8.75. The van der Waals surface area contributed by atoms with E-state index in [0.717, 1.165) is 28.8 Å². The Bertz CT molecular complexity index is 946. The van der Waals surface area contributed by atoms with E-state index in [-0.39, 0.29) is 25.0 Å². The number of rotatable bonds is 7. The summed E-state index contributed by atoms with van der Waals surface area (Å²) >= 11 is 1.59. The maximum Gasteiger partial charge on any atom is 0.326 e. The predicted molar refractivity (Wildman–Crippen MR) is 115 cm³/mol. The smallest absolute Gasteiger partial charge is 0.326 e. The topological polar surface area (TPSA) is 81.8 Å². The number of carbonyl (C=O) groups excluding carboxylic acids is 3. The zero-order chi connectivity index (χ0) is 21.1. The number of hydrogen-bond donors (Lipinski definition) is 2. The van der Waals surface area contributed by atoms with Crippen LogP contribution in [0.25, 0.3) is 0 Å². The Morgan fingerprint density at radius 3 is 2.87 bits per heavy atom. The molecule has 0 bridgehead atoms. The standard InChI is InChI=1S/C22H26N4O3S/c1-2-25(14-19(27)23-13-17-9-6-12-30-17)15-26-20(28)22(24-21(26)29)11-5-8-16-7-3-4-10-18(16)22/h3-4,6-7,9-10,12H,2,5,8,11,13-15H2,1H3,(H,23,27)(H,24,29)/t22-/m1/s1. The van der Waals surface area contributed by atoms with Gasteiger partial charge in [-0.25, -0.2) is 9.69 Å². The van der Waals surface area contributed by atoms with Gasteiger partial charge in [0.05, 0.1) is 19.8 Å². The van der Waals surface area contributed by atoms with E-state index in [0.29, 0.717) is 19.5 Å². The number of nitrogens with one attached hydrogen (secondary N) is 2. The van der Waals surface area contributed by atoms with E-state index in [1.54, 1.807) is 16.2 Å². The van der Waals surface area contributed by atoms with E-state index in [1.807, 2.05) is 48.7 Å². The van der Waals surface area contributed by atoms with Gasteiger partial charge in [0.15, 0.2) is 0 Å². The Balaban J connectivity index is 1.43. The van der Waals surface area contributed by atoms with Crippen LogP contribution in [-0.2, 0) is 28.1 Å². The zero-order valence-corrected chi connectivity index (χ0v) is 17.8. The van der Waals surface area contributed by atoms with Crippen LogP contribution in [-0.4, -0.2) is 47.4 Å². The third kappa shape index (κ3) is 3.85. The molecule has 7 nitrogen and oxygen atoms in total. The van der Waals surface area contributed by atoms with Crippen LogP contribution in [0.3, 0.4) is 0 Å². The van der Waals surface area contributed by atoms with Crippen LogP contribution in [0.1, 0.15) is 35.8 Å². The Morgan fingerprint density at radius 1 is 1.27 bits per heavy atom. The van der Waals surface area contributed by atoms with Gasteiger partial charge < -0.3 is 10.6 Å². The number of imide groups is 1. The van der Waals surface area contributed by atoms with E-state index < -0.39 is 11.6 Å². The van der Waals surface area contributed by atoms with Gasteiger partial charge in [-0.2, -0.15) is 0 Å². The molecule has 1 aromatic carbocycles. The molecule has 1 spiro atoms. The van der Waals surface area contributed by atoms with Gasteiger partial charge in [-0.1, -0.05) is 37.3 Å². The Morgan fingerprint density at radius 2 is 2.10 bits per heavy atom. The number of urea groups is 1. The summed E-state index contributed by atoms with van der Waals surface area (Å²) in [4.78, 5) is 42.6. The highest BCUT2D eigenvalue weighted by Gasteiger charge is 2.54. The second kappa shape index (κ2) is 8.57. The van der Waals surface area contributed by atoms with Crippen molar-refractivity contribution in [2.75, 3.05) is 19.8 Å². The van der Waals surface area contributed by atoms with Crippen molar-refractivity contribution in [1.29, 1.82) is 0 Å². The number of amides is 4. The first-order valence-electron chi connectivity index (χ1n) is 10.3. The molecule has 0 radical (unpaired) electrons. The van der Waals surface area contributed by atoms with Crippen LogP contribution in [0.4, 0.5) is 4.79 Å². The molecule has 1 aliphatic heterocycles. The maximum atomic E-state index is 13.4. The summed E-state index contributed by atoms with van der Waals surface area (Å²) in [7, 11) is 0. The summed E-state index contributed by atoms with van der Waals surface area (Å²) in [6, 6.07) is 11.3. The van der Waals surface area contributed by atoms with E-state index in [2.05, 4.69) is 10.6 Å². The van der Waals surface area contributed by atoms with Gasteiger partial charge in [0.2, 0.25) is 5.91 Å². The molecule has 1 saturated heterocycles. The first kappa shape index (κ1) is 20.6. The van der Waals surface area contributed by atoms with E-state index in [9.17, 15) is 14.4 Å². The summed E-state index contributed by atoms with van der Waals surface area (Å²) < 4.78 is 0. The summed E-state index contributed by atoms with van der Waals surface area (Å²) in [5.74, 6) is -0.355. The molecular weight excluding hydrogens is 400 g/mol. The molecule has 158 valence electrons. The number of nitrogens with zero attached hydrogens (tertiary/aromatic N) is 2. The lowest BCUT2D eigenvalue weighted by Gasteiger charge is -2.33. The van der Waals surface area contributed by atoms with Gasteiger partial charge >= 0.3 is 6.03 Å². The van der Waals surface area contributed by atoms with Crippen molar-refractivity contribution in [3.05, 3.63) is 57.8 Å². The van der Waals surface area contributed by atoms with Gasteiger partial charge in [-0.05, 0) is 48.4 Å². The molecule has 2 N–H and O–H groups in total. The fourth-order valence-corrected chi connectivity index (χ4v) is 4.90. The quantitative estimate of drug-likeness (QED) is 0.667. The molecular formula is C22H26N4O3S. The molecule has 0 unspecified atom stereocenters. The average Bonchev–Trinajstić information content (AvgIpc) is 3.35. The van der Waals surface area contributed by atoms with E-state index in [1.165, 1.54) is 4.90 Å². The fourth-order valence-electron chi connectivity index (χ4n) is 4.26. The summed E-state index contributed by atoms with van der Waals surface area (Å²) in [5, 5.41) is 7.83. The maximum absolute atomic E-state index is 13.4. The molecule has 1 aromatic heterocycles. The highest BCUT2D eigenvalue weighted by atomic mass is 32.1. The summed E-state index contributed by atoms with van der Waals surface area (Å²) in [6.07, 6.45) is 2.35. The number of aryl methyl sites for hydroxylation is 1. The van der Waals surface area contributed by atoms with Crippen LogP contribution in [0.2, 0.25) is 0 Å². The Hall–Kier alpha value is -2.71. The van der Waals surface area contributed by atoms with E-state index >= 15 is 0 Å². The number of likely N-dealkylation sites (N-methyl/N-ethyl adjacent to an activating group) is 1. The number of benzene rings is 1. The van der Waals surface area contributed by atoms with Crippen molar-refractivity contribution in [3.63, 3.8) is 0 Å². The second-order valence-electron chi connectivity index (χ2n) is 7.72. The molecule has 30 heavy (non-hydrogen) atoms. The number of thiophene rings is 1. The first-order valence-corrected chi connectivity index (χ1v) is 11.2. The molecule has 1 aliphatic carbocycles. The molecule has 2 aromatic rings. The summed E-state index contributed by atoms with van der Waals surface area (Å²) in [5.41, 5.74) is 1.03. The molecule has 2 aliphatic rings. The molecule has 1 fully saturated rings. The fraction of sp³-hybridized carbons (Fsp3) is 0.409. The molecule has 8 heteroatoms. The van der Waals surface area contributed by atoms with Crippen LogP contribution < -0.4 is 10.6 Å². The SMILES string of the molecule is CCN(CC(=O)NCc1cccs1)CN1C(=O)N[C@@]2(CCCc3ccccc32)C1=O. The van der Waals surface area contributed by atoms with Gasteiger partial charge in [0, 0.05) is 4.88 Å². The minimum absolute atomic E-state index is 0.0947. The lowest BCUT2D eigenvalue weighted by molar-refractivity contribution is -0.134. The first-order chi connectivity index (χ1) is 14.5. The summed E-state index contributed by atoms with van der Waals surface area (Å²) in [6.45, 7) is 3.17. The monoisotopic (exact) mass is 426 g/mol. The number of hydrogen-bond acceptors (Lipinski definition) is 5. The molecule has 0 saturated carbocycles.